The molecule has 3 aromatic rings. The second kappa shape index (κ2) is 8.05. The Morgan fingerprint density at radius 2 is 1.71 bits per heavy atom. The van der Waals surface area contributed by atoms with Crippen LogP contribution in [0.2, 0.25) is 0 Å². The summed E-state index contributed by atoms with van der Waals surface area (Å²) < 4.78 is 2.02. The van der Waals surface area contributed by atoms with Crippen LogP contribution in [0.5, 0.6) is 0 Å². The predicted octanol–water partition coefficient (Wildman–Crippen LogP) is 4.44. The highest BCUT2D eigenvalue weighted by Crippen LogP contribution is 2.25. The van der Waals surface area contributed by atoms with Crippen LogP contribution in [-0.4, -0.2) is 32.4 Å². The van der Waals surface area contributed by atoms with Crippen LogP contribution in [-0.2, 0) is 17.9 Å². The monoisotopic (exact) mass is 376 g/mol. The van der Waals surface area contributed by atoms with E-state index in [1.165, 1.54) is 12.0 Å². The average Bonchev–Trinajstić information content (AvgIpc) is 3.04. The maximum absolute atomic E-state index is 13.2. The molecule has 5 nitrogen and oxygen atoms in total. The summed E-state index contributed by atoms with van der Waals surface area (Å²) in [5, 5.41) is 3.43. The first-order valence-corrected chi connectivity index (χ1v) is 10.2. The van der Waals surface area contributed by atoms with Crippen LogP contribution in [0, 0.1) is 0 Å². The highest BCUT2D eigenvalue weighted by Gasteiger charge is 2.29. The lowest BCUT2D eigenvalue weighted by atomic mass is 9.97. The topological polar surface area (TPSA) is 50.2 Å². The third-order valence-corrected chi connectivity index (χ3v) is 5.72. The number of benzene rings is 2. The fraction of sp³-hybridized carbons (Fsp3) is 0.391. The molecule has 0 spiro atoms. The van der Waals surface area contributed by atoms with Crippen molar-refractivity contribution in [2.45, 2.75) is 58.3 Å². The minimum atomic E-state index is 0.172. The van der Waals surface area contributed by atoms with Gasteiger partial charge in [0.05, 0.1) is 11.0 Å². The maximum atomic E-state index is 13.2. The molecule has 4 rings (SSSR count). The van der Waals surface area contributed by atoms with E-state index >= 15 is 0 Å². The Balaban J connectivity index is 1.60. The van der Waals surface area contributed by atoms with Gasteiger partial charge in [-0.1, -0.05) is 42.5 Å². The lowest BCUT2D eigenvalue weighted by Crippen LogP contribution is -2.48. The van der Waals surface area contributed by atoms with Crippen molar-refractivity contribution in [2.75, 3.05) is 5.32 Å². The number of amides is 1. The Morgan fingerprint density at radius 1 is 1.04 bits per heavy atom. The highest BCUT2D eigenvalue weighted by atomic mass is 16.2. The van der Waals surface area contributed by atoms with Crippen molar-refractivity contribution in [3.05, 3.63) is 60.2 Å². The van der Waals surface area contributed by atoms with Gasteiger partial charge in [0.1, 0.15) is 6.54 Å². The smallest absolute Gasteiger partial charge is 0.243 e. The van der Waals surface area contributed by atoms with Gasteiger partial charge in [0.25, 0.3) is 0 Å². The molecular formula is C23H28N4O. The minimum absolute atomic E-state index is 0.172. The van der Waals surface area contributed by atoms with Gasteiger partial charge in [0.2, 0.25) is 11.9 Å². The van der Waals surface area contributed by atoms with Gasteiger partial charge >= 0.3 is 0 Å². The molecule has 28 heavy (non-hydrogen) atoms. The number of fused-ring (bicyclic) bond motifs is 1. The number of carbonyl (C=O) groups is 1. The number of carbonyl (C=O) groups excluding carboxylic acids is 1. The number of nitrogens with zero attached hydrogens (tertiary/aromatic N) is 3. The van der Waals surface area contributed by atoms with Crippen LogP contribution < -0.4 is 5.32 Å². The zero-order valence-electron chi connectivity index (χ0n) is 16.6. The molecule has 0 aliphatic carbocycles. The molecule has 0 saturated carbocycles. The predicted molar refractivity (Wildman–Crippen MR) is 113 cm³/mol. The molecule has 2 unspecified atom stereocenters. The van der Waals surface area contributed by atoms with Gasteiger partial charge in [0.15, 0.2) is 0 Å². The van der Waals surface area contributed by atoms with Crippen molar-refractivity contribution in [1.82, 2.24) is 14.5 Å². The molecule has 1 aliphatic rings. The summed E-state index contributed by atoms with van der Waals surface area (Å²) in [6.45, 7) is 5.31. The summed E-state index contributed by atoms with van der Waals surface area (Å²) in [5.41, 5.74) is 3.08. The highest BCUT2D eigenvalue weighted by molar-refractivity contribution is 5.83. The molecule has 1 N–H and O–H groups in total. The summed E-state index contributed by atoms with van der Waals surface area (Å²) in [6.07, 6.45) is 3.36. The van der Waals surface area contributed by atoms with Crippen molar-refractivity contribution < 1.29 is 4.79 Å². The summed E-state index contributed by atoms with van der Waals surface area (Å²) >= 11 is 0. The van der Waals surface area contributed by atoms with Gasteiger partial charge < -0.3 is 14.8 Å². The quantitative estimate of drug-likeness (QED) is 0.716. The van der Waals surface area contributed by atoms with E-state index in [-0.39, 0.29) is 5.91 Å². The average molecular weight is 377 g/mol. The van der Waals surface area contributed by atoms with E-state index in [2.05, 4.69) is 36.2 Å². The number of anilines is 1. The van der Waals surface area contributed by atoms with Crippen molar-refractivity contribution in [3.63, 3.8) is 0 Å². The fourth-order valence-electron chi connectivity index (χ4n) is 4.28. The molecule has 2 heterocycles. The van der Waals surface area contributed by atoms with Crippen LogP contribution in [0.4, 0.5) is 5.95 Å². The minimum Gasteiger partial charge on any atom is -0.352 e. The molecule has 1 amide bonds. The number of imidazole rings is 1. The Labute approximate surface area is 166 Å². The van der Waals surface area contributed by atoms with Crippen molar-refractivity contribution in [1.29, 1.82) is 0 Å². The molecule has 2 aromatic carbocycles. The van der Waals surface area contributed by atoms with Crippen LogP contribution in [0.1, 0.15) is 38.7 Å². The first-order chi connectivity index (χ1) is 13.6. The second-order valence-electron chi connectivity index (χ2n) is 7.78. The summed E-state index contributed by atoms with van der Waals surface area (Å²) in [5.74, 6) is 0.918. The Bertz CT molecular complexity index is 940. The molecule has 146 valence electrons. The van der Waals surface area contributed by atoms with Gasteiger partial charge in [-0.3, -0.25) is 4.79 Å². The van der Waals surface area contributed by atoms with Gasteiger partial charge in [-0.25, -0.2) is 4.98 Å². The number of rotatable bonds is 5. The lowest BCUT2D eigenvalue weighted by Gasteiger charge is -2.39. The standard InChI is InChI=1S/C23H28N4O/c1-17-9-8-10-18(2)27(17)22(28)16-26-21-14-7-6-13-20(21)25-23(26)24-15-19-11-4-3-5-12-19/h3-7,11-14,17-18H,8-10,15-16H2,1-2H3,(H,24,25). The zero-order chi connectivity index (χ0) is 19.5. The maximum Gasteiger partial charge on any atom is 0.243 e. The van der Waals surface area contributed by atoms with Crippen LogP contribution in [0.3, 0.4) is 0 Å². The van der Waals surface area contributed by atoms with E-state index in [0.29, 0.717) is 25.2 Å². The van der Waals surface area contributed by atoms with E-state index in [1.807, 2.05) is 47.0 Å². The number of para-hydroxylation sites is 2. The van der Waals surface area contributed by atoms with Crippen LogP contribution in [0.25, 0.3) is 11.0 Å². The molecule has 0 radical (unpaired) electrons. The normalized spacial score (nSPS) is 19.7. The van der Waals surface area contributed by atoms with Crippen molar-refractivity contribution in [3.8, 4) is 0 Å². The summed E-state index contributed by atoms with van der Waals surface area (Å²) in [6, 6.07) is 18.9. The first kappa shape index (κ1) is 18.5. The zero-order valence-corrected chi connectivity index (χ0v) is 16.6. The van der Waals surface area contributed by atoms with E-state index < -0.39 is 0 Å². The van der Waals surface area contributed by atoms with Crippen molar-refractivity contribution >= 4 is 22.9 Å². The molecular weight excluding hydrogens is 348 g/mol. The third-order valence-electron chi connectivity index (χ3n) is 5.72. The largest absolute Gasteiger partial charge is 0.352 e. The van der Waals surface area contributed by atoms with E-state index in [4.69, 9.17) is 4.98 Å². The molecule has 1 aromatic heterocycles. The van der Waals surface area contributed by atoms with Crippen molar-refractivity contribution in [2.24, 2.45) is 0 Å². The number of likely N-dealkylation sites (tertiary alicyclic amines) is 1. The number of aromatic nitrogens is 2. The van der Waals surface area contributed by atoms with Gasteiger partial charge in [-0.05, 0) is 50.8 Å². The van der Waals surface area contributed by atoms with E-state index in [1.54, 1.807) is 0 Å². The summed E-state index contributed by atoms with van der Waals surface area (Å²) in [4.78, 5) is 20.0. The number of hydrogen-bond acceptors (Lipinski definition) is 3. The van der Waals surface area contributed by atoms with Crippen LogP contribution in [0.15, 0.2) is 54.6 Å². The number of piperidine rings is 1. The van der Waals surface area contributed by atoms with Gasteiger partial charge in [0, 0.05) is 18.6 Å². The van der Waals surface area contributed by atoms with Crippen LogP contribution >= 0.6 is 0 Å². The molecule has 0 bridgehead atoms. The number of nitrogens with one attached hydrogen (secondary N) is 1. The second-order valence-corrected chi connectivity index (χ2v) is 7.78. The first-order valence-electron chi connectivity index (χ1n) is 10.2. The Kier molecular flexibility index (Phi) is 5.33. The molecule has 1 aliphatic heterocycles. The third kappa shape index (κ3) is 3.75. The molecule has 2 atom stereocenters. The lowest BCUT2D eigenvalue weighted by molar-refractivity contribution is -0.137. The molecule has 1 saturated heterocycles. The van der Waals surface area contributed by atoms with Gasteiger partial charge in [-0.2, -0.15) is 0 Å². The van der Waals surface area contributed by atoms with Gasteiger partial charge in [-0.15, -0.1) is 0 Å². The Morgan fingerprint density at radius 3 is 2.46 bits per heavy atom. The fourth-order valence-corrected chi connectivity index (χ4v) is 4.28. The summed E-state index contributed by atoms with van der Waals surface area (Å²) in [7, 11) is 0. The molecule has 1 fully saturated rings. The molecule has 5 heteroatoms. The van der Waals surface area contributed by atoms with E-state index in [9.17, 15) is 4.79 Å². The van der Waals surface area contributed by atoms with E-state index in [0.717, 1.165) is 29.8 Å². The SMILES string of the molecule is CC1CCCC(C)N1C(=O)Cn1c(NCc2ccccc2)nc2ccccc21. The number of hydrogen-bond donors (Lipinski definition) is 1. The Hall–Kier alpha value is -2.82.